The minimum atomic E-state index is 0. The Bertz CT molecular complexity index is 323. The second-order valence-corrected chi connectivity index (χ2v) is 3.52. The summed E-state index contributed by atoms with van der Waals surface area (Å²) in [6.45, 7) is 4.29. The van der Waals surface area contributed by atoms with E-state index in [4.69, 9.17) is 9.16 Å². The van der Waals surface area contributed by atoms with Gasteiger partial charge < -0.3 is 21.7 Å². The Hall–Kier alpha value is -0.830. The highest BCUT2D eigenvalue weighted by Gasteiger charge is 2.18. The van der Waals surface area contributed by atoms with Gasteiger partial charge in [-0.25, -0.2) is 0 Å². The summed E-state index contributed by atoms with van der Waals surface area (Å²) in [7, 11) is 3.33. The fraction of sp³-hybridized carbons (Fsp3) is 0.417. The van der Waals surface area contributed by atoms with E-state index < -0.39 is 0 Å². The molecule has 0 aromatic rings. The van der Waals surface area contributed by atoms with Crippen molar-refractivity contribution < 1.29 is 26.1 Å². The van der Waals surface area contributed by atoms with Gasteiger partial charge in [-0.2, -0.15) is 0 Å². The fourth-order valence-corrected chi connectivity index (χ4v) is 1.32. The van der Waals surface area contributed by atoms with Crippen LogP contribution in [0.5, 0.6) is 0 Å². The Labute approximate surface area is 102 Å². The Morgan fingerprint density at radius 1 is 1.33 bits per heavy atom. The van der Waals surface area contributed by atoms with Gasteiger partial charge in [0.2, 0.25) is 0 Å². The molecule has 0 atom stereocenters. The molecule has 0 aliphatic heterocycles. The molecule has 0 radical (unpaired) electrons. The lowest BCUT2D eigenvalue weighted by Crippen LogP contribution is -3.00. The van der Waals surface area contributed by atoms with Crippen LogP contribution in [0.25, 0.3) is 0 Å². The van der Waals surface area contributed by atoms with Gasteiger partial charge in [0.05, 0.1) is 18.8 Å². The monoisotopic (exact) mass is 272 g/mol. The van der Waals surface area contributed by atoms with Crippen LogP contribution in [-0.4, -0.2) is 20.0 Å². The van der Waals surface area contributed by atoms with E-state index in [-0.39, 0.29) is 17.0 Å². The third-order valence-corrected chi connectivity index (χ3v) is 1.95. The van der Waals surface area contributed by atoms with Gasteiger partial charge in [-0.3, -0.25) is 4.42 Å². The average Bonchev–Trinajstić information content (AvgIpc) is 2.17. The van der Waals surface area contributed by atoms with Gasteiger partial charge in [0, 0.05) is 0 Å². The van der Waals surface area contributed by atoms with Crippen LogP contribution < -0.4 is 17.0 Å². The lowest BCUT2D eigenvalue weighted by Gasteiger charge is -2.05. The summed E-state index contributed by atoms with van der Waals surface area (Å²) in [6, 6.07) is 0. The van der Waals surface area contributed by atoms with E-state index in [1.54, 1.807) is 14.2 Å². The highest BCUT2D eigenvalue weighted by atomic mass is 79.9. The van der Waals surface area contributed by atoms with Crippen LogP contribution in [-0.2, 0) is 9.16 Å². The highest BCUT2D eigenvalue weighted by molar-refractivity contribution is 6.08. The van der Waals surface area contributed by atoms with Gasteiger partial charge in [0.15, 0.2) is 0 Å². The second kappa shape index (κ2) is 6.62. The Kier molecular flexibility index (Phi) is 6.25. The SMILES string of the molecule is COC1=CC(=[O+]C)/C(=C\C(C)C)C=C1.[Br-]. The lowest BCUT2D eigenvalue weighted by molar-refractivity contribution is -0.418. The predicted molar refractivity (Wildman–Crippen MR) is 58.1 cm³/mol. The summed E-state index contributed by atoms with van der Waals surface area (Å²) >= 11 is 0. The van der Waals surface area contributed by atoms with Crippen molar-refractivity contribution in [2.24, 2.45) is 5.92 Å². The molecule has 0 heterocycles. The van der Waals surface area contributed by atoms with E-state index in [0.717, 1.165) is 17.1 Å². The molecule has 1 aliphatic rings. The van der Waals surface area contributed by atoms with Gasteiger partial charge in [0.1, 0.15) is 5.76 Å². The maximum atomic E-state index is 5.28. The number of carbonyl (C=O) groups excluding carboxylic acids is 1. The maximum absolute atomic E-state index is 5.28. The molecule has 0 saturated heterocycles. The maximum Gasteiger partial charge on any atom is 0.353 e. The van der Waals surface area contributed by atoms with Crippen LogP contribution in [0.3, 0.4) is 0 Å². The van der Waals surface area contributed by atoms with Crippen LogP contribution >= 0.6 is 0 Å². The fourth-order valence-electron chi connectivity index (χ4n) is 1.32. The van der Waals surface area contributed by atoms with Crippen molar-refractivity contribution >= 4 is 5.78 Å². The number of halogens is 1. The van der Waals surface area contributed by atoms with Crippen molar-refractivity contribution in [3.05, 3.63) is 35.6 Å². The first-order valence-corrected chi connectivity index (χ1v) is 4.74. The van der Waals surface area contributed by atoms with Crippen LogP contribution in [0.15, 0.2) is 35.6 Å². The van der Waals surface area contributed by atoms with Crippen LogP contribution in [0.4, 0.5) is 0 Å². The first-order valence-electron chi connectivity index (χ1n) is 4.74. The van der Waals surface area contributed by atoms with Gasteiger partial charge in [0.25, 0.3) is 7.11 Å². The van der Waals surface area contributed by atoms with E-state index in [9.17, 15) is 0 Å². The zero-order valence-electron chi connectivity index (χ0n) is 9.58. The number of hydrogen-bond donors (Lipinski definition) is 0. The molecular weight excluding hydrogens is 256 g/mol. The van der Waals surface area contributed by atoms with Gasteiger partial charge in [-0.1, -0.05) is 19.9 Å². The number of rotatable bonds is 2. The van der Waals surface area contributed by atoms with E-state index in [2.05, 4.69) is 19.9 Å². The molecule has 0 saturated carbocycles. The van der Waals surface area contributed by atoms with Crippen molar-refractivity contribution in [3.63, 3.8) is 0 Å². The number of hydrogen-bond acceptors (Lipinski definition) is 1. The standard InChI is InChI=1S/C12H17O2.BrH/c1-9(2)7-10-5-6-11(13-3)8-12(10)14-4;/h5-9H,1-4H3;1H/q+1;/p-1/b10-7-;. The molecule has 0 aromatic heterocycles. The smallest absolute Gasteiger partial charge is 0.353 e. The average molecular weight is 273 g/mol. The lowest BCUT2D eigenvalue weighted by atomic mass is 10.0. The van der Waals surface area contributed by atoms with Crippen molar-refractivity contribution in [1.82, 2.24) is 0 Å². The molecule has 1 aliphatic carbocycles. The third-order valence-electron chi connectivity index (χ3n) is 1.95. The Morgan fingerprint density at radius 3 is 2.47 bits per heavy atom. The molecule has 1 rings (SSSR count). The van der Waals surface area contributed by atoms with Crippen molar-refractivity contribution in [1.29, 1.82) is 0 Å². The molecule has 0 spiro atoms. The minimum absolute atomic E-state index is 0. The summed E-state index contributed by atoms with van der Waals surface area (Å²) < 4.78 is 10.4. The molecule has 0 amide bonds. The molecule has 0 aromatic carbocycles. The van der Waals surface area contributed by atoms with Gasteiger partial charge >= 0.3 is 5.78 Å². The molecular formula is C12H17BrO2. The second-order valence-electron chi connectivity index (χ2n) is 3.52. The predicted octanol–water partition coefficient (Wildman–Crippen LogP) is -0.592. The molecule has 0 unspecified atom stereocenters. The molecule has 3 heteroatoms. The number of ether oxygens (including phenoxy) is 1. The highest BCUT2D eigenvalue weighted by Crippen LogP contribution is 2.15. The largest absolute Gasteiger partial charge is 1.00 e. The van der Waals surface area contributed by atoms with Crippen LogP contribution in [0.1, 0.15) is 13.8 Å². The van der Waals surface area contributed by atoms with Crippen molar-refractivity contribution in [2.45, 2.75) is 13.8 Å². The van der Waals surface area contributed by atoms with Crippen molar-refractivity contribution in [2.75, 3.05) is 14.2 Å². The number of allylic oxidation sites excluding steroid dienone is 5. The number of methoxy groups -OCH3 is 1. The summed E-state index contributed by atoms with van der Waals surface area (Å²) in [4.78, 5) is 0. The zero-order chi connectivity index (χ0) is 10.6. The first-order chi connectivity index (χ1) is 6.67. The summed E-state index contributed by atoms with van der Waals surface area (Å²) in [5.74, 6) is 2.19. The molecule has 15 heavy (non-hydrogen) atoms. The van der Waals surface area contributed by atoms with Gasteiger partial charge in [-0.05, 0) is 18.1 Å². The minimum Gasteiger partial charge on any atom is -1.00 e. The summed E-state index contributed by atoms with van der Waals surface area (Å²) in [5, 5.41) is 0. The molecule has 0 N–H and O–H groups in total. The molecule has 0 fully saturated rings. The Balaban J connectivity index is 0.00000196. The van der Waals surface area contributed by atoms with E-state index in [1.165, 1.54) is 0 Å². The summed E-state index contributed by atoms with van der Waals surface area (Å²) in [6.07, 6.45) is 8.01. The Morgan fingerprint density at radius 2 is 2.00 bits per heavy atom. The van der Waals surface area contributed by atoms with Crippen LogP contribution in [0, 0.1) is 5.92 Å². The van der Waals surface area contributed by atoms with Crippen LogP contribution in [0.2, 0.25) is 0 Å². The first kappa shape index (κ1) is 14.2. The zero-order valence-corrected chi connectivity index (χ0v) is 11.2. The molecule has 0 bridgehead atoms. The molecule has 84 valence electrons. The van der Waals surface area contributed by atoms with Crippen molar-refractivity contribution in [3.8, 4) is 0 Å². The molecule has 2 nitrogen and oxygen atoms in total. The van der Waals surface area contributed by atoms with Gasteiger partial charge in [-0.15, -0.1) is 0 Å². The van der Waals surface area contributed by atoms with E-state index >= 15 is 0 Å². The topological polar surface area (TPSA) is 20.5 Å². The summed E-state index contributed by atoms with van der Waals surface area (Å²) in [5.41, 5.74) is 1.11. The normalized spacial score (nSPS) is 20.5. The quantitative estimate of drug-likeness (QED) is 0.486. The van der Waals surface area contributed by atoms with E-state index in [0.29, 0.717) is 5.92 Å². The third kappa shape index (κ3) is 4.04. The van der Waals surface area contributed by atoms with E-state index in [1.807, 2.05) is 18.2 Å². The number of ketones is 1.